The Morgan fingerprint density at radius 2 is 1.70 bits per heavy atom. The van der Waals surface area contributed by atoms with Crippen LogP contribution < -0.4 is 10.0 Å². The van der Waals surface area contributed by atoms with Gasteiger partial charge in [-0.1, -0.05) is 30.3 Å². The van der Waals surface area contributed by atoms with Gasteiger partial charge in [-0.2, -0.15) is 0 Å². The van der Waals surface area contributed by atoms with E-state index in [4.69, 9.17) is 0 Å². The van der Waals surface area contributed by atoms with Gasteiger partial charge in [-0.05, 0) is 53.3 Å². The first-order valence-corrected chi connectivity index (χ1v) is 9.87. The summed E-state index contributed by atoms with van der Waals surface area (Å²) in [4.78, 5) is 12.4. The van der Waals surface area contributed by atoms with Crippen LogP contribution in [0.1, 0.15) is 28.9 Å². The van der Waals surface area contributed by atoms with E-state index < -0.39 is 10.0 Å². The molecule has 0 aromatic heterocycles. The zero-order valence-corrected chi connectivity index (χ0v) is 15.7. The van der Waals surface area contributed by atoms with Gasteiger partial charge in [0.2, 0.25) is 10.0 Å². The maximum Gasteiger partial charge on any atom is 0.252 e. The van der Waals surface area contributed by atoms with Crippen molar-refractivity contribution in [1.82, 2.24) is 5.32 Å². The van der Waals surface area contributed by atoms with Gasteiger partial charge in [-0.25, -0.2) is 8.42 Å². The Morgan fingerprint density at radius 1 is 1.09 bits per heavy atom. The van der Waals surface area contributed by atoms with Gasteiger partial charge in [0.05, 0.1) is 23.5 Å². The first-order chi connectivity index (χ1) is 10.8. The molecule has 0 saturated carbocycles. The van der Waals surface area contributed by atoms with Crippen molar-refractivity contribution in [2.24, 2.45) is 0 Å². The Morgan fingerprint density at radius 3 is 2.35 bits per heavy atom. The van der Waals surface area contributed by atoms with E-state index in [1.165, 1.54) is 0 Å². The van der Waals surface area contributed by atoms with Crippen molar-refractivity contribution in [3.05, 3.63) is 63.2 Å². The minimum atomic E-state index is -3.38. The summed E-state index contributed by atoms with van der Waals surface area (Å²) < 4.78 is 26.3. The maximum atomic E-state index is 12.4. The third-order valence-electron chi connectivity index (χ3n) is 3.19. The number of carbonyl (C=O) groups excluding carboxylic acids is 1. The number of rotatable bonds is 5. The normalized spacial score (nSPS) is 12.5. The molecular weight excluding hydrogens is 427 g/mol. The fraction of sp³-hybridized carbons (Fsp3) is 0.188. The topological polar surface area (TPSA) is 75.3 Å². The summed E-state index contributed by atoms with van der Waals surface area (Å²) in [6, 6.07) is 13.9. The smallest absolute Gasteiger partial charge is 0.252 e. The number of halogens is 1. The lowest BCUT2D eigenvalue weighted by molar-refractivity contribution is 0.0939. The van der Waals surface area contributed by atoms with Crippen LogP contribution in [0.15, 0.2) is 48.5 Å². The summed E-state index contributed by atoms with van der Waals surface area (Å²) in [5, 5.41) is 2.90. The number of hydrogen-bond donors (Lipinski definition) is 2. The van der Waals surface area contributed by atoms with Gasteiger partial charge < -0.3 is 5.32 Å². The molecule has 2 aromatic carbocycles. The molecule has 122 valence electrons. The van der Waals surface area contributed by atoms with E-state index in [9.17, 15) is 13.2 Å². The molecule has 0 aliphatic carbocycles. The number of amides is 1. The molecule has 2 N–H and O–H groups in total. The zero-order chi connectivity index (χ0) is 17.0. The highest BCUT2D eigenvalue weighted by molar-refractivity contribution is 14.1. The minimum absolute atomic E-state index is 0.198. The molecule has 1 amide bonds. The Labute approximate surface area is 149 Å². The van der Waals surface area contributed by atoms with Crippen LogP contribution in [0, 0.1) is 3.57 Å². The number of sulfonamides is 1. The van der Waals surface area contributed by atoms with Crippen LogP contribution in [0.5, 0.6) is 0 Å². The highest BCUT2D eigenvalue weighted by Gasteiger charge is 2.17. The average Bonchev–Trinajstić information content (AvgIpc) is 2.46. The Kier molecular flexibility index (Phi) is 5.64. The van der Waals surface area contributed by atoms with E-state index in [2.05, 4.69) is 32.6 Å². The lowest BCUT2D eigenvalue weighted by Crippen LogP contribution is -2.28. The molecule has 23 heavy (non-hydrogen) atoms. The van der Waals surface area contributed by atoms with Crippen LogP contribution in [0.3, 0.4) is 0 Å². The van der Waals surface area contributed by atoms with Crippen molar-refractivity contribution in [1.29, 1.82) is 0 Å². The summed E-state index contributed by atoms with van der Waals surface area (Å²) in [5.74, 6) is -0.198. The maximum absolute atomic E-state index is 12.4. The molecule has 2 aromatic rings. The summed E-state index contributed by atoms with van der Waals surface area (Å²) >= 11 is 2.11. The van der Waals surface area contributed by atoms with Crippen LogP contribution >= 0.6 is 22.6 Å². The lowest BCUT2D eigenvalue weighted by atomic mass is 10.1. The number of nitrogens with one attached hydrogen (secondary N) is 2. The highest BCUT2D eigenvalue weighted by Crippen LogP contribution is 2.24. The van der Waals surface area contributed by atoms with Gasteiger partial charge in [0.1, 0.15) is 0 Å². The number of benzene rings is 2. The number of hydrogen-bond acceptors (Lipinski definition) is 3. The summed E-state index contributed by atoms with van der Waals surface area (Å²) in [6.07, 6.45) is 1.10. The molecule has 0 aliphatic rings. The Bertz CT molecular complexity index is 822. The van der Waals surface area contributed by atoms with Gasteiger partial charge in [0.15, 0.2) is 0 Å². The predicted octanol–water partition coefficient (Wildman–Crippen LogP) is 3.15. The quantitative estimate of drug-likeness (QED) is 0.696. The fourth-order valence-electron chi connectivity index (χ4n) is 2.16. The van der Waals surface area contributed by atoms with E-state index in [1.807, 2.05) is 19.1 Å². The molecule has 0 fully saturated rings. The third-order valence-corrected chi connectivity index (χ3v) is 4.72. The van der Waals surface area contributed by atoms with Gasteiger partial charge in [-0.3, -0.25) is 9.52 Å². The van der Waals surface area contributed by atoms with E-state index in [1.54, 1.807) is 36.4 Å². The molecule has 1 unspecified atom stereocenters. The standard InChI is InChI=1S/C16H17IN2O3S/c1-11(18-16(20)13-8-3-5-9-14(13)17)12-7-4-6-10-15(12)19-23(2,21)22/h3-11,19H,1-2H3,(H,18,20). The molecule has 5 nitrogen and oxygen atoms in total. The number of para-hydroxylation sites is 1. The van der Waals surface area contributed by atoms with Crippen LogP contribution in [0.25, 0.3) is 0 Å². The molecular formula is C16H17IN2O3S. The highest BCUT2D eigenvalue weighted by atomic mass is 127. The molecule has 0 saturated heterocycles. The van der Waals surface area contributed by atoms with Crippen LogP contribution in [-0.4, -0.2) is 20.6 Å². The molecule has 1 atom stereocenters. The molecule has 0 heterocycles. The van der Waals surface area contributed by atoms with Crippen molar-refractivity contribution in [2.75, 3.05) is 11.0 Å². The lowest BCUT2D eigenvalue weighted by Gasteiger charge is -2.18. The van der Waals surface area contributed by atoms with Crippen LogP contribution in [0.2, 0.25) is 0 Å². The number of anilines is 1. The molecule has 0 aliphatic heterocycles. The molecule has 0 radical (unpaired) electrons. The third kappa shape index (κ3) is 4.93. The van der Waals surface area contributed by atoms with Crippen molar-refractivity contribution in [3.63, 3.8) is 0 Å². The van der Waals surface area contributed by atoms with Gasteiger partial charge >= 0.3 is 0 Å². The van der Waals surface area contributed by atoms with E-state index in [0.717, 1.165) is 9.83 Å². The van der Waals surface area contributed by atoms with Gasteiger partial charge in [0, 0.05) is 3.57 Å². The van der Waals surface area contributed by atoms with Gasteiger partial charge in [-0.15, -0.1) is 0 Å². The average molecular weight is 444 g/mol. The van der Waals surface area contributed by atoms with Gasteiger partial charge in [0.25, 0.3) is 5.91 Å². The largest absolute Gasteiger partial charge is 0.345 e. The van der Waals surface area contributed by atoms with E-state index >= 15 is 0 Å². The predicted molar refractivity (Wildman–Crippen MR) is 99.9 cm³/mol. The van der Waals surface area contributed by atoms with Crippen molar-refractivity contribution in [2.45, 2.75) is 13.0 Å². The molecule has 7 heteroatoms. The second-order valence-corrected chi connectivity index (χ2v) is 8.05. The molecule has 2 rings (SSSR count). The van der Waals surface area contributed by atoms with Crippen molar-refractivity contribution >= 4 is 44.2 Å². The van der Waals surface area contributed by atoms with E-state index in [0.29, 0.717) is 16.8 Å². The van der Waals surface area contributed by atoms with E-state index in [-0.39, 0.29) is 11.9 Å². The van der Waals surface area contributed by atoms with Crippen molar-refractivity contribution < 1.29 is 13.2 Å². The monoisotopic (exact) mass is 444 g/mol. The SMILES string of the molecule is CC(NC(=O)c1ccccc1I)c1ccccc1NS(C)(=O)=O. The van der Waals surface area contributed by atoms with Crippen molar-refractivity contribution in [3.8, 4) is 0 Å². The molecule has 0 spiro atoms. The Balaban J connectivity index is 2.23. The Hall–Kier alpha value is -1.61. The zero-order valence-electron chi connectivity index (χ0n) is 12.7. The molecule has 0 bridgehead atoms. The number of carbonyl (C=O) groups is 1. The summed E-state index contributed by atoms with van der Waals surface area (Å²) in [7, 11) is -3.38. The second-order valence-electron chi connectivity index (χ2n) is 5.14. The first kappa shape index (κ1) is 17.7. The van der Waals surface area contributed by atoms with Crippen LogP contribution in [-0.2, 0) is 10.0 Å². The second kappa shape index (κ2) is 7.31. The summed E-state index contributed by atoms with van der Waals surface area (Å²) in [5.41, 5.74) is 1.76. The first-order valence-electron chi connectivity index (χ1n) is 6.90. The fourth-order valence-corrected chi connectivity index (χ4v) is 3.38. The minimum Gasteiger partial charge on any atom is -0.345 e. The van der Waals surface area contributed by atoms with Crippen LogP contribution in [0.4, 0.5) is 5.69 Å². The summed E-state index contributed by atoms with van der Waals surface area (Å²) in [6.45, 7) is 1.82.